The molecule has 0 radical (unpaired) electrons. The molecule has 5 heteroatoms. The Bertz CT molecular complexity index is 360. The molecule has 0 fully saturated rings. The standard InChI is InChI=1S/C11H15FN2O2/c1-14(2)3-4-16-11(15)8-5-9(12)7-10(13)6-8/h5-7H,3-4,13H2,1-2H3. The fourth-order valence-corrected chi connectivity index (χ4v) is 1.13. The minimum atomic E-state index is -0.562. The van der Waals surface area contributed by atoms with E-state index in [1.807, 2.05) is 19.0 Å². The monoisotopic (exact) mass is 226 g/mol. The SMILES string of the molecule is CN(C)CCOC(=O)c1cc(N)cc(F)c1. The molecule has 4 nitrogen and oxygen atoms in total. The van der Waals surface area contributed by atoms with E-state index in [4.69, 9.17) is 10.5 Å². The van der Waals surface area contributed by atoms with Crippen molar-refractivity contribution in [3.8, 4) is 0 Å². The van der Waals surface area contributed by atoms with Crippen LogP contribution in [-0.4, -0.2) is 38.1 Å². The number of nitrogen functional groups attached to an aromatic ring is 1. The van der Waals surface area contributed by atoms with Gasteiger partial charge in [-0.1, -0.05) is 0 Å². The molecule has 2 N–H and O–H groups in total. The smallest absolute Gasteiger partial charge is 0.338 e. The summed E-state index contributed by atoms with van der Waals surface area (Å²) in [6.07, 6.45) is 0. The number of ether oxygens (including phenoxy) is 1. The molecular weight excluding hydrogens is 211 g/mol. The highest BCUT2D eigenvalue weighted by molar-refractivity contribution is 5.90. The number of hydrogen-bond donors (Lipinski definition) is 1. The quantitative estimate of drug-likeness (QED) is 0.617. The zero-order valence-electron chi connectivity index (χ0n) is 9.37. The van der Waals surface area contributed by atoms with E-state index in [2.05, 4.69) is 0 Å². The van der Waals surface area contributed by atoms with Crippen molar-refractivity contribution >= 4 is 11.7 Å². The van der Waals surface area contributed by atoms with E-state index in [0.717, 1.165) is 12.1 Å². The lowest BCUT2D eigenvalue weighted by Gasteiger charge is -2.10. The summed E-state index contributed by atoms with van der Waals surface area (Å²) in [5, 5.41) is 0. The Morgan fingerprint density at radius 2 is 2.12 bits per heavy atom. The minimum absolute atomic E-state index is 0.135. The Hall–Kier alpha value is -1.62. The highest BCUT2D eigenvalue weighted by Gasteiger charge is 2.09. The van der Waals surface area contributed by atoms with Gasteiger partial charge in [-0.15, -0.1) is 0 Å². The van der Waals surface area contributed by atoms with Crippen LogP contribution in [0.2, 0.25) is 0 Å². The predicted molar refractivity (Wildman–Crippen MR) is 59.6 cm³/mol. The molecule has 0 amide bonds. The van der Waals surface area contributed by atoms with Crippen molar-refractivity contribution < 1.29 is 13.9 Å². The maximum absolute atomic E-state index is 12.9. The number of likely N-dealkylation sites (N-methyl/N-ethyl adjacent to an activating group) is 1. The number of hydrogen-bond acceptors (Lipinski definition) is 4. The van der Waals surface area contributed by atoms with Gasteiger partial charge in [-0.3, -0.25) is 0 Å². The molecule has 0 aliphatic carbocycles. The van der Waals surface area contributed by atoms with Crippen LogP contribution in [0.4, 0.5) is 10.1 Å². The Balaban J connectivity index is 2.59. The van der Waals surface area contributed by atoms with Crippen molar-refractivity contribution in [2.24, 2.45) is 0 Å². The number of esters is 1. The summed E-state index contributed by atoms with van der Waals surface area (Å²) in [6.45, 7) is 0.888. The first kappa shape index (κ1) is 12.4. The molecule has 0 aliphatic heterocycles. The second-order valence-electron chi connectivity index (χ2n) is 3.71. The average Bonchev–Trinajstić information content (AvgIpc) is 2.15. The molecule has 0 saturated carbocycles. The summed E-state index contributed by atoms with van der Waals surface area (Å²) in [4.78, 5) is 13.3. The van der Waals surface area contributed by atoms with E-state index in [0.29, 0.717) is 6.54 Å². The van der Waals surface area contributed by atoms with Crippen molar-refractivity contribution in [3.05, 3.63) is 29.6 Å². The van der Waals surface area contributed by atoms with E-state index < -0.39 is 11.8 Å². The van der Waals surface area contributed by atoms with Gasteiger partial charge in [-0.2, -0.15) is 0 Å². The number of rotatable bonds is 4. The van der Waals surface area contributed by atoms with Gasteiger partial charge in [0.15, 0.2) is 0 Å². The molecule has 88 valence electrons. The van der Waals surface area contributed by atoms with Crippen LogP contribution >= 0.6 is 0 Å². The molecule has 0 saturated heterocycles. The van der Waals surface area contributed by atoms with Gasteiger partial charge in [-0.05, 0) is 32.3 Å². The van der Waals surface area contributed by atoms with Crippen molar-refractivity contribution in [1.29, 1.82) is 0 Å². The number of carbonyl (C=O) groups is 1. The normalized spacial score (nSPS) is 10.5. The third-order valence-corrected chi connectivity index (χ3v) is 1.93. The summed E-state index contributed by atoms with van der Waals surface area (Å²) in [6, 6.07) is 3.64. The van der Waals surface area contributed by atoms with Gasteiger partial charge < -0.3 is 15.4 Å². The average molecular weight is 226 g/mol. The number of anilines is 1. The van der Waals surface area contributed by atoms with Gasteiger partial charge in [0.25, 0.3) is 0 Å². The summed E-state index contributed by atoms with van der Waals surface area (Å²) in [5.74, 6) is -1.10. The van der Waals surface area contributed by atoms with Crippen LogP contribution in [0, 0.1) is 5.82 Å². The third-order valence-electron chi connectivity index (χ3n) is 1.93. The third kappa shape index (κ3) is 3.86. The molecule has 1 aromatic rings. The van der Waals surface area contributed by atoms with Gasteiger partial charge in [-0.25, -0.2) is 9.18 Å². The Morgan fingerprint density at radius 3 is 2.69 bits per heavy atom. The van der Waals surface area contributed by atoms with Crippen molar-refractivity contribution in [2.45, 2.75) is 0 Å². The van der Waals surface area contributed by atoms with Crippen LogP contribution in [0.5, 0.6) is 0 Å². The molecule has 1 aromatic carbocycles. The Morgan fingerprint density at radius 1 is 1.44 bits per heavy atom. The number of nitrogens with zero attached hydrogens (tertiary/aromatic N) is 1. The van der Waals surface area contributed by atoms with Crippen LogP contribution in [-0.2, 0) is 4.74 Å². The van der Waals surface area contributed by atoms with Crippen molar-refractivity contribution in [2.75, 3.05) is 33.0 Å². The van der Waals surface area contributed by atoms with Crippen LogP contribution in [0.25, 0.3) is 0 Å². The van der Waals surface area contributed by atoms with Crippen molar-refractivity contribution in [1.82, 2.24) is 4.90 Å². The second kappa shape index (κ2) is 5.46. The van der Waals surface area contributed by atoms with E-state index in [-0.39, 0.29) is 17.9 Å². The van der Waals surface area contributed by atoms with Gasteiger partial charge in [0.05, 0.1) is 5.56 Å². The topological polar surface area (TPSA) is 55.6 Å². The van der Waals surface area contributed by atoms with Gasteiger partial charge in [0.1, 0.15) is 12.4 Å². The predicted octanol–water partition coefficient (Wildman–Crippen LogP) is 1.13. The van der Waals surface area contributed by atoms with Crippen LogP contribution in [0.3, 0.4) is 0 Å². The van der Waals surface area contributed by atoms with E-state index in [9.17, 15) is 9.18 Å². The second-order valence-corrected chi connectivity index (χ2v) is 3.71. The molecule has 0 unspecified atom stereocenters. The van der Waals surface area contributed by atoms with Gasteiger partial charge in [0.2, 0.25) is 0 Å². The molecule has 1 rings (SSSR count). The largest absolute Gasteiger partial charge is 0.461 e. The Labute approximate surface area is 93.8 Å². The number of benzene rings is 1. The van der Waals surface area contributed by atoms with Crippen LogP contribution in [0.1, 0.15) is 10.4 Å². The van der Waals surface area contributed by atoms with Gasteiger partial charge in [0, 0.05) is 12.2 Å². The molecule has 0 atom stereocenters. The summed E-state index contributed by atoms with van der Waals surface area (Å²) >= 11 is 0. The first-order valence-corrected chi connectivity index (χ1v) is 4.87. The zero-order chi connectivity index (χ0) is 12.1. The van der Waals surface area contributed by atoms with Gasteiger partial charge >= 0.3 is 5.97 Å². The number of halogens is 1. The van der Waals surface area contributed by atoms with E-state index >= 15 is 0 Å². The zero-order valence-corrected chi connectivity index (χ0v) is 9.37. The first-order chi connectivity index (χ1) is 7.49. The molecule has 0 spiro atoms. The lowest BCUT2D eigenvalue weighted by atomic mass is 10.2. The molecule has 0 heterocycles. The Kier molecular flexibility index (Phi) is 4.25. The maximum atomic E-state index is 12.9. The number of nitrogens with two attached hydrogens (primary N) is 1. The fourth-order valence-electron chi connectivity index (χ4n) is 1.13. The highest BCUT2D eigenvalue weighted by atomic mass is 19.1. The van der Waals surface area contributed by atoms with Crippen LogP contribution in [0.15, 0.2) is 18.2 Å². The molecular formula is C11H15FN2O2. The lowest BCUT2D eigenvalue weighted by molar-refractivity contribution is 0.0481. The van der Waals surface area contributed by atoms with Crippen molar-refractivity contribution in [3.63, 3.8) is 0 Å². The van der Waals surface area contributed by atoms with Crippen LogP contribution < -0.4 is 5.73 Å². The minimum Gasteiger partial charge on any atom is -0.461 e. The molecule has 0 aromatic heterocycles. The van der Waals surface area contributed by atoms with E-state index in [1.165, 1.54) is 6.07 Å². The van der Waals surface area contributed by atoms with E-state index in [1.54, 1.807) is 0 Å². The molecule has 16 heavy (non-hydrogen) atoms. The lowest BCUT2D eigenvalue weighted by Crippen LogP contribution is -2.20. The number of carbonyl (C=O) groups excluding carboxylic acids is 1. The molecule has 0 bridgehead atoms. The summed E-state index contributed by atoms with van der Waals surface area (Å²) < 4.78 is 17.9. The molecule has 0 aliphatic rings. The summed E-state index contributed by atoms with van der Waals surface area (Å²) in [5.41, 5.74) is 5.76. The fraction of sp³-hybridized carbons (Fsp3) is 0.364. The maximum Gasteiger partial charge on any atom is 0.338 e. The highest BCUT2D eigenvalue weighted by Crippen LogP contribution is 2.11. The summed E-state index contributed by atoms with van der Waals surface area (Å²) in [7, 11) is 3.74. The first-order valence-electron chi connectivity index (χ1n) is 4.87.